The van der Waals surface area contributed by atoms with Gasteiger partial charge in [0, 0.05) is 6.07 Å². The minimum absolute atomic E-state index is 0.0639. The highest BCUT2D eigenvalue weighted by Crippen LogP contribution is 2.26. The number of hydrogen-bond acceptors (Lipinski definition) is 1. The van der Waals surface area contributed by atoms with E-state index in [9.17, 15) is 17.6 Å². The van der Waals surface area contributed by atoms with Crippen LogP contribution in [0.2, 0.25) is 0 Å². The van der Waals surface area contributed by atoms with Crippen molar-refractivity contribution in [1.82, 2.24) is 0 Å². The summed E-state index contributed by atoms with van der Waals surface area (Å²) in [6, 6.07) is 0.499. The first kappa shape index (κ1) is 12.8. The van der Waals surface area contributed by atoms with Crippen LogP contribution < -0.4 is 4.74 Å². The Hall–Kier alpha value is -1.26. The molecule has 0 aromatic heterocycles. The van der Waals surface area contributed by atoms with Crippen molar-refractivity contribution in [2.75, 3.05) is 6.61 Å². The van der Waals surface area contributed by atoms with Crippen LogP contribution >= 0.6 is 0 Å². The molecular formula is C11H12F4O. The van der Waals surface area contributed by atoms with E-state index in [2.05, 4.69) is 0 Å². The lowest BCUT2D eigenvalue weighted by Crippen LogP contribution is -2.18. The van der Waals surface area contributed by atoms with E-state index in [-0.39, 0.29) is 12.0 Å². The van der Waals surface area contributed by atoms with Gasteiger partial charge in [0.1, 0.15) is 0 Å². The van der Waals surface area contributed by atoms with Crippen LogP contribution in [-0.4, -0.2) is 6.61 Å². The molecule has 0 spiro atoms. The molecule has 0 saturated heterocycles. The van der Waals surface area contributed by atoms with Gasteiger partial charge in [0.2, 0.25) is 11.6 Å². The summed E-state index contributed by atoms with van der Waals surface area (Å²) < 4.78 is 56.2. The molecule has 1 aromatic rings. The van der Waals surface area contributed by atoms with Gasteiger partial charge in [-0.2, -0.15) is 4.39 Å². The average molecular weight is 236 g/mol. The maximum Gasteiger partial charge on any atom is 0.203 e. The Morgan fingerprint density at radius 3 is 2.06 bits per heavy atom. The van der Waals surface area contributed by atoms with Gasteiger partial charge in [-0.15, -0.1) is 0 Å². The van der Waals surface area contributed by atoms with Crippen molar-refractivity contribution in [3.63, 3.8) is 0 Å². The van der Waals surface area contributed by atoms with Crippen LogP contribution in [0.1, 0.15) is 20.8 Å². The van der Waals surface area contributed by atoms with Crippen molar-refractivity contribution in [2.24, 2.45) is 5.41 Å². The molecule has 0 bridgehead atoms. The van der Waals surface area contributed by atoms with E-state index in [4.69, 9.17) is 4.74 Å². The molecule has 1 aromatic carbocycles. The molecule has 1 nitrogen and oxygen atoms in total. The molecule has 5 heteroatoms. The van der Waals surface area contributed by atoms with E-state index in [0.717, 1.165) is 0 Å². The zero-order chi connectivity index (χ0) is 12.5. The predicted molar refractivity (Wildman–Crippen MR) is 51.2 cm³/mol. The van der Waals surface area contributed by atoms with E-state index in [1.165, 1.54) is 0 Å². The Bertz CT molecular complexity index is 396. The van der Waals surface area contributed by atoms with Gasteiger partial charge in [-0.05, 0) is 5.41 Å². The first-order valence-electron chi connectivity index (χ1n) is 4.68. The maximum absolute atomic E-state index is 13.1. The second-order valence-corrected chi connectivity index (χ2v) is 4.65. The molecule has 0 aliphatic carbocycles. The fourth-order valence-corrected chi connectivity index (χ4v) is 0.950. The highest BCUT2D eigenvalue weighted by molar-refractivity contribution is 5.27. The van der Waals surface area contributed by atoms with Gasteiger partial charge in [-0.1, -0.05) is 20.8 Å². The predicted octanol–water partition coefficient (Wildman–Crippen LogP) is 3.67. The minimum Gasteiger partial charge on any atom is -0.490 e. The van der Waals surface area contributed by atoms with Crippen molar-refractivity contribution >= 4 is 0 Å². The topological polar surface area (TPSA) is 9.23 Å². The van der Waals surface area contributed by atoms with E-state index in [0.29, 0.717) is 6.07 Å². The summed E-state index contributed by atoms with van der Waals surface area (Å²) in [4.78, 5) is 0. The van der Waals surface area contributed by atoms with Crippen molar-refractivity contribution in [1.29, 1.82) is 0 Å². The van der Waals surface area contributed by atoms with Gasteiger partial charge in [0.05, 0.1) is 6.61 Å². The summed E-state index contributed by atoms with van der Waals surface area (Å²) >= 11 is 0. The number of rotatable bonds is 2. The van der Waals surface area contributed by atoms with Gasteiger partial charge in [-0.25, -0.2) is 13.2 Å². The molecule has 16 heavy (non-hydrogen) atoms. The summed E-state index contributed by atoms with van der Waals surface area (Å²) in [6.07, 6.45) is 0. The van der Waals surface area contributed by atoms with E-state index in [1.54, 1.807) is 20.8 Å². The molecule has 0 radical (unpaired) electrons. The lowest BCUT2D eigenvalue weighted by Gasteiger charge is -2.19. The van der Waals surface area contributed by atoms with Crippen LogP contribution in [0.25, 0.3) is 0 Å². The van der Waals surface area contributed by atoms with E-state index >= 15 is 0 Å². The van der Waals surface area contributed by atoms with E-state index < -0.39 is 29.0 Å². The smallest absolute Gasteiger partial charge is 0.203 e. The van der Waals surface area contributed by atoms with Crippen LogP contribution in [0.5, 0.6) is 5.75 Å². The Morgan fingerprint density at radius 1 is 1.00 bits per heavy atom. The number of ether oxygens (including phenoxy) is 1. The molecule has 0 heterocycles. The maximum atomic E-state index is 13.1. The quantitative estimate of drug-likeness (QED) is 0.432. The number of hydrogen-bond donors (Lipinski definition) is 0. The molecule has 0 N–H and O–H groups in total. The average Bonchev–Trinajstić information content (AvgIpc) is 2.17. The fraction of sp³-hybridized carbons (Fsp3) is 0.455. The standard InChI is InChI=1S/C11H12F4O/c1-11(2,3)5-16-7-4-6(12)8(13)10(15)9(7)14/h4H,5H2,1-3H3. The van der Waals surface area contributed by atoms with Gasteiger partial charge >= 0.3 is 0 Å². The number of benzene rings is 1. The second-order valence-electron chi connectivity index (χ2n) is 4.65. The summed E-state index contributed by atoms with van der Waals surface area (Å²) in [5, 5.41) is 0. The third kappa shape index (κ3) is 2.87. The highest BCUT2D eigenvalue weighted by Gasteiger charge is 2.21. The van der Waals surface area contributed by atoms with Crippen molar-refractivity contribution in [3.8, 4) is 5.75 Å². The summed E-state index contributed by atoms with van der Waals surface area (Å²) in [5.41, 5.74) is -0.298. The molecule has 1 rings (SSSR count). The molecule has 0 saturated carbocycles. The molecule has 0 aliphatic rings. The third-order valence-electron chi connectivity index (χ3n) is 1.73. The minimum atomic E-state index is -1.86. The first-order valence-corrected chi connectivity index (χ1v) is 4.68. The number of halogens is 4. The van der Waals surface area contributed by atoms with Gasteiger partial charge < -0.3 is 4.74 Å². The molecule has 0 aliphatic heterocycles. The van der Waals surface area contributed by atoms with Gasteiger partial charge in [-0.3, -0.25) is 0 Å². The molecular weight excluding hydrogens is 224 g/mol. The third-order valence-corrected chi connectivity index (χ3v) is 1.73. The van der Waals surface area contributed by atoms with Gasteiger partial charge in [0.15, 0.2) is 17.4 Å². The summed E-state index contributed by atoms with van der Waals surface area (Å²) in [7, 11) is 0. The Labute approximate surface area is 91.0 Å². The van der Waals surface area contributed by atoms with Crippen LogP contribution in [0.15, 0.2) is 6.07 Å². The fourth-order valence-electron chi connectivity index (χ4n) is 0.950. The van der Waals surface area contributed by atoms with E-state index in [1.807, 2.05) is 0 Å². The second kappa shape index (κ2) is 4.31. The Balaban J connectivity index is 2.98. The zero-order valence-electron chi connectivity index (χ0n) is 9.20. The molecule has 90 valence electrons. The summed E-state index contributed by atoms with van der Waals surface area (Å²) in [5.74, 6) is -7.29. The van der Waals surface area contributed by atoms with Gasteiger partial charge in [0.25, 0.3) is 0 Å². The normalized spacial score (nSPS) is 11.7. The lowest BCUT2D eigenvalue weighted by atomic mass is 9.99. The van der Waals surface area contributed by atoms with Crippen molar-refractivity contribution < 1.29 is 22.3 Å². The Kier molecular flexibility index (Phi) is 3.45. The lowest BCUT2D eigenvalue weighted by molar-refractivity contribution is 0.187. The SMILES string of the molecule is CC(C)(C)COc1cc(F)c(F)c(F)c1F. The van der Waals surface area contributed by atoms with Crippen LogP contribution in [0.4, 0.5) is 17.6 Å². The summed E-state index contributed by atoms with van der Waals surface area (Å²) in [6.45, 7) is 5.48. The highest BCUT2D eigenvalue weighted by atomic mass is 19.2. The molecule has 0 unspecified atom stereocenters. The molecule has 0 fully saturated rings. The molecule has 0 atom stereocenters. The van der Waals surface area contributed by atoms with Crippen LogP contribution in [-0.2, 0) is 0 Å². The molecule has 0 amide bonds. The largest absolute Gasteiger partial charge is 0.490 e. The Morgan fingerprint density at radius 2 is 1.56 bits per heavy atom. The van der Waals surface area contributed by atoms with Crippen molar-refractivity contribution in [2.45, 2.75) is 20.8 Å². The van der Waals surface area contributed by atoms with Crippen molar-refractivity contribution in [3.05, 3.63) is 29.3 Å². The zero-order valence-corrected chi connectivity index (χ0v) is 9.20. The first-order chi connectivity index (χ1) is 7.22. The van der Waals surface area contributed by atoms with Crippen LogP contribution in [0, 0.1) is 28.7 Å². The van der Waals surface area contributed by atoms with Crippen LogP contribution in [0.3, 0.4) is 0 Å². The monoisotopic (exact) mass is 236 g/mol.